The molecule has 1 heterocycles. The van der Waals surface area contributed by atoms with E-state index in [1.165, 1.54) is 56.3 Å². The van der Waals surface area contributed by atoms with Crippen LogP contribution >= 0.6 is 23.2 Å². The molecule has 14 nitrogen and oxygen atoms in total. The van der Waals surface area contributed by atoms with Gasteiger partial charge in [0.2, 0.25) is 0 Å². The van der Waals surface area contributed by atoms with E-state index in [2.05, 4.69) is 20.3 Å². The molecule has 250 valence electrons. The fraction of sp³-hybridized carbons (Fsp3) is 0.0645. The third kappa shape index (κ3) is 6.50. The van der Waals surface area contributed by atoms with Gasteiger partial charge >= 0.3 is 29.6 Å². The zero-order chi connectivity index (χ0) is 35.7. The molecule has 0 radical (unpaired) electrons. The number of halogens is 2. The van der Waals surface area contributed by atoms with Crippen molar-refractivity contribution in [1.82, 2.24) is 9.97 Å². The molecule has 1 aromatic heterocycles. The summed E-state index contributed by atoms with van der Waals surface area (Å²) in [5.74, 6) is -2.45. The molecule has 0 bridgehead atoms. The normalized spacial score (nSPS) is 13.1. The number of ketones is 2. The fourth-order valence-electron chi connectivity index (χ4n) is 5.51. The van der Waals surface area contributed by atoms with E-state index in [0.29, 0.717) is 5.52 Å². The third-order valence-electron chi connectivity index (χ3n) is 7.76. The van der Waals surface area contributed by atoms with E-state index in [1.807, 2.05) is 0 Å². The largest absolute Gasteiger partial charge is 1.00 e. The van der Waals surface area contributed by atoms with E-state index in [4.69, 9.17) is 28.9 Å². The number of hydrogen-bond acceptors (Lipinski definition) is 12. The molecule has 0 spiro atoms. The van der Waals surface area contributed by atoms with Crippen molar-refractivity contribution in [2.45, 2.75) is 23.6 Å². The van der Waals surface area contributed by atoms with Crippen LogP contribution in [-0.2, 0) is 20.2 Å². The number of nitrogens with two attached hydrogens (primary N) is 1. The summed E-state index contributed by atoms with van der Waals surface area (Å²) in [6.45, 7) is 2.77. The Kier molecular flexibility index (Phi) is 9.92. The first-order valence-electron chi connectivity index (χ1n) is 13.8. The predicted octanol–water partition coefficient (Wildman–Crippen LogP) is 1.59. The van der Waals surface area contributed by atoms with E-state index < -0.39 is 64.4 Å². The second-order valence-electron chi connectivity index (χ2n) is 10.8. The molecule has 0 saturated carbocycles. The second-order valence-corrected chi connectivity index (χ2v) is 14.3. The number of aromatic nitrogens is 2. The minimum atomic E-state index is -5.05. The molecule has 0 amide bonds. The van der Waals surface area contributed by atoms with Crippen LogP contribution in [0.15, 0.2) is 69.4 Å². The first kappa shape index (κ1) is 37.3. The summed E-state index contributed by atoms with van der Waals surface area (Å²) in [5.41, 5.74) is 4.26. The van der Waals surface area contributed by atoms with Crippen molar-refractivity contribution in [2.75, 3.05) is 11.1 Å². The number of carbonyl (C=O) groups is 2. The Morgan fingerprint density at radius 1 is 0.840 bits per heavy atom. The number of aryl methyl sites for hydroxylation is 1. The minimum Gasteiger partial charge on any atom is -0.858 e. The van der Waals surface area contributed by atoms with Crippen LogP contribution in [0, 0.1) is 13.8 Å². The monoisotopic (exact) mass is 763 g/mol. The topological polar surface area (TPSA) is 242 Å². The van der Waals surface area contributed by atoms with Crippen molar-refractivity contribution in [2.24, 2.45) is 4.99 Å². The Balaban J connectivity index is 0.00000486. The van der Waals surface area contributed by atoms with Crippen LogP contribution < -0.4 is 45.7 Å². The van der Waals surface area contributed by atoms with Gasteiger partial charge in [-0.2, -0.15) is 16.8 Å². The number of aliphatic imine (C=N–C) groups is 1. The van der Waals surface area contributed by atoms with Crippen molar-refractivity contribution >= 4 is 94.7 Å². The number of fused-ring (bicyclic) bond motifs is 3. The fourth-order valence-corrected chi connectivity index (χ4v) is 7.20. The first-order valence-corrected chi connectivity index (χ1v) is 17.4. The SMILES string of the molecule is Cc1cc(S(=O)(=O)O)c(N=C([O-])c2ccc3nc(Cl)c(Cl)nc3c2)c(C)c1Nc1cc(S(=O)(=O)O)c(N)c2c1C(=O)c1ccccc1C2=O.[Na+]. The quantitative estimate of drug-likeness (QED) is 0.0620. The summed E-state index contributed by atoms with van der Waals surface area (Å²) in [7, 11) is -10.0. The molecule has 0 unspecified atom stereocenters. The van der Waals surface area contributed by atoms with Gasteiger partial charge in [0.25, 0.3) is 20.2 Å². The summed E-state index contributed by atoms with van der Waals surface area (Å²) in [6, 6.07) is 11.7. The van der Waals surface area contributed by atoms with Gasteiger partial charge < -0.3 is 16.2 Å². The molecular weight excluding hydrogens is 744 g/mol. The van der Waals surface area contributed by atoms with Gasteiger partial charge in [-0.1, -0.05) is 53.5 Å². The molecule has 0 saturated heterocycles. The van der Waals surface area contributed by atoms with E-state index >= 15 is 0 Å². The second kappa shape index (κ2) is 13.3. The zero-order valence-electron chi connectivity index (χ0n) is 25.9. The van der Waals surface area contributed by atoms with E-state index in [0.717, 1.165) is 12.1 Å². The van der Waals surface area contributed by atoms with Gasteiger partial charge in [0.1, 0.15) is 9.79 Å². The molecule has 0 atom stereocenters. The van der Waals surface area contributed by atoms with Gasteiger partial charge in [0.05, 0.1) is 39.2 Å². The summed E-state index contributed by atoms with van der Waals surface area (Å²) in [6.07, 6.45) is 0. The Morgan fingerprint density at radius 3 is 1.98 bits per heavy atom. The summed E-state index contributed by atoms with van der Waals surface area (Å²) in [4.78, 5) is 37.9. The number of nitrogen functional groups attached to an aromatic ring is 1. The number of rotatable bonds is 6. The molecule has 0 aliphatic heterocycles. The molecule has 5 aromatic rings. The molecule has 50 heavy (non-hydrogen) atoms. The summed E-state index contributed by atoms with van der Waals surface area (Å²) in [5, 5.41) is 16.1. The van der Waals surface area contributed by atoms with Gasteiger partial charge in [0.15, 0.2) is 21.9 Å². The number of benzene rings is 4. The van der Waals surface area contributed by atoms with Crippen molar-refractivity contribution in [3.8, 4) is 0 Å². The van der Waals surface area contributed by atoms with Gasteiger partial charge in [0, 0.05) is 16.8 Å². The molecule has 4 aromatic carbocycles. The van der Waals surface area contributed by atoms with Crippen LogP contribution in [0.5, 0.6) is 0 Å². The molecule has 5 N–H and O–H groups in total. The maximum atomic E-state index is 13.8. The molecule has 0 fully saturated rings. The Bertz CT molecular complexity index is 2600. The summed E-state index contributed by atoms with van der Waals surface area (Å²) < 4.78 is 69.8. The zero-order valence-corrected chi connectivity index (χ0v) is 31.1. The minimum absolute atomic E-state index is 0. The van der Waals surface area contributed by atoms with E-state index in [1.54, 1.807) is 0 Å². The molecule has 6 rings (SSSR count). The van der Waals surface area contributed by atoms with Gasteiger partial charge in [-0.05, 0) is 60.7 Å². The maximum absolute atomic E-state index is 13.8. The van der Waals surface area contributed by atoms with Crippen LogP contribution in [0.25, 0.3) is 11.0 Å². The maximum Gasteiger partial charge on any atom is 1.00 e. The Morgan fingerprint density at radius 2 is 1.40 bits per heavy atom. The van der Waals surface area contributed by atoms with Gasteiger partial charge in [-0.15, -0.1) is 0 Å². The number of nitrogens with zero attached hydrogens (tertiary/aromatic N) is 3. The van der Waals surface area contributed by atoms with Crippen LogP contribution in [0.3, 0.4) is 0 Å². The smallest absolute Gasteiger partial charge is 0.858 e. The average Bonchev–Trinajstić information content (AvgIpc) is 3.02. The first-order chi connectivity index (χ1) is 22.9. The van der Waals surface area contributed by atoms with Crippen LogP contribution in [0.1, 0.15) is 48.5 Å². The third-order valence-corrected chi connectivity index (χ3v) is 10.1. The van der Waals surface area contributed by atoms with Gasteiger partial charge in [-0.3, -0.25) is 23.7 Å². The van der Waals surface area contributed by atoms with E-state index in [9.17, 15) is 40.6 Å². The number of nitrogens with one attached hydrogen (secondary N) is 1. The number of anilines is 3. The Labute approximate surface area is 316 Å². The number of hydrogen-bond donors (Lipinski definition) is 4. The summed E-state index contributed by atoms with van der Waals surface area (Å²) >= 11 is 11.9. The molecule has 1 aliphatic rings. The van der Waals surface area contributed by atoms with Crippen molar-refractivity contribution in [3.63, 3.8) is 0 Å². The molecule has 1 aliphatic carbocycles. The predicted molar refractivity (Wildman–Crippen MR) is 179 cm³/mol. The van der Waals surface area contributed by atoms with Crippen LogP contribution in [0.2, 0.25) is 10.3 Å². The Hall–Kier alpha value is -3.97. The van der Waals surface area contributed by atoms with Crippen molar-refractivity contribution in [1.29, 1.82) is 0 Å². The van der Waals surface area contributed by atoms with Gasteiger partial charge in [-0.25, -0.2) is 9.97 Å². The molecular formula is C31H20Cl2N5NaO9S2. The van der Waals surface area contributed by atoms with Crippen LogP contribution in [-0.4, -0.2) is 53.4 Å². The van der Waals surface area contributed by atoms with Crippen molar-refractivity contribution in [3.05, 3.63) is 104 Å². The molecule has 19 heteroatoms. The standard InChI is InChI=1S/C31H21Cl2N5O9S2.Na/c1-12-9-21(49(45,46)47)26(38-31(41)14-7-8-17-18(10-14)37-30(33)29(32)36-17)13(2)25(12)35-19-11-20(48(42,43)44)24(34)23-22(19)27(39)15-5-3-4-6-16(15)28(23)40;/h3-11,35H,34H2,1-2H3,(H,38,41)(H,42,43,44)(H,45,46,47);/q;+1/p-1. The van der Waals surface area contributed by atoms with E-state index in [-0.39, 0.29) is 90.1 Å². The van der Waals surface area contributed by atoms with Crippen LogP contribution in [0.4, 0.5) is 22.7 Å². The number of carbonyl (C=O) groups excluding carboxylic acids is 2. The average molecular weight is 765 g/mol. The van der Waals surface area contributed by atoms with Crippen molar-refractivity contribution < 1.29 is 70.2 Å².